The first kappa shape index (κ1) is 9.90. The highest BCUT2D eigenvalue weighted by Crippen LogP contribution is 1.98. The molecule has 0 aliphatic heterocycles. The van der Waals surface area contributed by atoms with Crippen LogP contribution >= 0.6 is 0 Å². The molecular formula is C6H10FNO3. The van der Waals surface area contributed by atoms with Crippen molar-refractivity contribution in [2.75, 3.05) is 13.2 Å². The van der Waals surface area contributed by atoms with Crippen LogP contribution in [0.5, 0.6) is 0 Å². The van der Waals surface area contributed by atoms with Crippen molar-refractivity contribution in [1.29, 1.82) is 0 Å². The Labute approximate surface area is 63.3 Å². The molecule has 0 saturated carbocycles. The van der Waals surface area contributed by atoms with Crippen LogP contribution < -0.4 is 5.32 Å². The first-order valence-electron chi connectivity index (χ1n) is 3.06. The van der Waals surface area contributed by atoms with Gasteiger partial charge in [0, 0.05) is 13.2 Å². The summed E-state index contributed by atoms with van der Waals surface area (Å²) >= 11 is 0. The molecule has 0 saturated heterocycles. The van der Waals surface area contributed by atoms with Crippen molar-refractivity contribution in [2.45, 2.75) is 6.42 Å². The Balaban J connectivity index is 3.62. The fraction of sp³-hybridized carbons (Fsp3) is 0.500. The zero-order valence-electron chi connectivity index (χ0n) is 5.88. The largest absolute Gasteiger partial charge is 0.465 e. The maximum atomic E-state index is 11.8. The predicted octanol–water partition coefficient (Wildman–Crippen LogP) is 0.490. The minimum atomic E-state index is -1.21. The van der Waals surface area contributed by atoms with Crippen LogP contribution in [0, 0.1) is 0 Å². The first-order valence-corrected chi connectivity index (χ1v) is 3.06. The molecule has 0 atom stereocenters. The van der Waals surface area contributed by atoms with Crippen LogP contribution in [0.1, 0.15) is 6.42 Å². The second kappa shape index (κ2) is 5.67. The molecule has 3 N–H and O–H groups in total. The highest BCUT2D eigenvalue weighted by molar-refractivity contribution is 5.64. The van der Waals surface area contributed by atoms with Crippen LogP contribution in [0.25, 0.3) is 0 Å². The number of amides is 1. The Morgan fingerprint density at radius 1 is 1.64 bits per heavy atom. The highest BCUT2D eigenvalue weighted by atomic mass is 19.1. The third-order valence-electron chi connectivity index (χ3n) is 1.05. The van der Waals surface area contributed by atoms with Gasteiger partial charge in [-0.25, -0.2) is 9.18 Å². The summed E-state index contributed by atoms with van der Waals surface area (Å²) in [4.78, 5) is 9.90. The summed E-state index contributed by atoms with van der Waals surface area (Å²) in [6.07, 6.45) is -0.759. The molecule has 5 heteroatoms. The molecule has 0 heterocycles. The molecular weight excluding hydrogens is 153 g/mol. The first-order chi connectivity index (χ1) is 5.20. The zero-order chi connectivity index (χ0) is 8.69. The lowest BCUT2D eigenvalue weighted by atomic mass is 10.2. The third kappa shape index (κ3) is 5.35. The second-order valence-electron chi connectivity index (χ2n) is 1.90. The smallest absolute Gasteiger partial charge is 0.404 e. The van der Waals surface area contributed by atoms with Gasteiger partial charge in [-0.2, -0.15) is 0 Å². The van der Waals surface area contributed by atoms with E-state index in [0.29, 0.717) is 6.33 Å². The summed E-state index contributed by atoms with van der Waals surface area (Å²) in [5, 5.41) is 18.4. The fourth-order valence-electron chi connectivity index (χ4n) is 0.514. The Morgan fingerprint density at radius 2 is 2.27 bits per heavy atom. The minimum absolute atomic E-state index is 0.0770. The van der Waals surface area contributed by atoms with Gasteiger partial charge in [-0.05, 0) is 12.0 Å². The van der Waals surface area contributed by atoms with E-state index in [-0.39, 0.29) is 25.1 Å². The quantitative estimate of drug-likeness (QED) is 0.564. The molecule has 0 bridgehead atoms. The Kier molecular flexibility index (Phi) is 5.10. The molecule has 64 valence electrons. The molecule has 0 aromatic heterocycles. The molecule has 0 unspecified atom stereocenters. The van der Waals surface area contributed by atoms with Crippen LogP contribution in [-0.2, 0) is 0 Å². The lowest BCUT2D eigenvalue weighted by Crippen LogP contribution is -2.23. The molecule has 0 aromatic rings. The van der Waals surface area contributed by atoms with E-state index in [4.69, 9.17) is 10.2 Å². The lowest BCUT2D eigenvalue weighted by molar-refractivity contribution is 0.195. The summed E-state index contributed by atoms with van der Waals surface area (Å²) < 4.78 is 11.8. The molecule has 0 radical (unpaired) electrons. The SMILES string of the molecule is O=C(O)NCC(=CF)CCO. The Bertz CT molecular complexity index is 158. The molecule has 0 rings (SSSR count). The van der Waals surface area contributed by atoms with E-state index < -0.39 is 6.09 Å². The summed E-state index contributed by atoms with van der Waals surface area (Å²) in [5.41, 5.74) is 0.231. The Hall–Kier alpha value is -1.10. The number of hydrogen-bond acceptors (Lipinski definition) is 2. The van der Waals surface area contributed by atoms with Crippen molar-refractivity contribution >= 4 is 6.09 Å². The van der Waals surface area contributed by atoms with Crippen molar-refractivity contribution in [1.82, 2.24) is 5.32 Å². The maximum Gasteiger partial charge on any atom is 0.404 e. The van der Waals surface area contributed by atoms with Crippen LogP contribution in [0.15, 0.2) is 11.9 Å². The third-order valence-corrected chi connectivity index (χ3v) is 1.05. The van der Waals surface area contributed by atoms with Crippen molar-refractivity contribution in [3.63, 3.8) is 0 Å². The number of carbonyl (C=O) groups is 1. The number of rotatable bonds is 4. The highest BCUT2D eigenvalue weighted by Gasteiger charge is 1.98. The van der Waals surface area contributed by atoms with Crippen molar-refractivity contribution in [2.24, 2.45) is 0 Å². The maximum absolute atomic E-state index is 11.8. The van der Waals surface area contributed by atoms with Crippen LogP contribution in [-0.4, -0.2) is 29.5 Å². The van der Waals surface area contributed by atoms with Crippen LogP contribution in [0.3, 0.4) is 0 Å². The molecule has 0 spiro atoms. The van der Waals surface area contributed by atoms with Gasteiger partial charge in [-0.1, -0.05) is 0 Å². The monoisotopic (exact) mass is 163 g/mol. The van der Waals surface area contributed by atoms with Gasteiger partial charge in [0.2, 0.25) is 0 Å². The van der Waals surface area contributed by atoms with E-state index in [2.05, 4.69) is 0 Å². The van der Waals surface area contributed by atoms with Crippen LogP contribution in [0.2, 0.25) is 0 Å². The van der Waals surface area contributed by atoms with E-state index in [1.54, 1.807) is 0 Å². The summed E-state index contributed by atoms with van der Waals surface area (Å²) in [6.45, 7) is -0.260. The molecule has 4 nitrogen and oxygen atoms in total. The summed E-state index contributed by atoms with van der Waals surface area (Å²) in [5.74, 6) is 0. The average Bonchev–Trinajstić information content (AvgIpc) is 1.97. The van der Waals surface area contributed by atoms with Gasteiger partial charge in [0.25, 0.3) is 0 Å². The van der Waals surface area contributed by atoms with Gasteiger partial charge in [0.15, 0.2) is 0 Å². The number of hydrogen-bond donors (Lipinski definition) is 3. The number of nitrogens with one attached hydrogen (secondary N) is 1. The molecule has 0 aliphatic rings. The fourth-order valence-corrected chi connectivity index (χ4v) is 0.514. The molecule has 0 aromatic carbocycles. The molecule has 1 amide bonds. The van der Waals surface area contributed by atoms with Gasteiger partial charge in [-0.3, -0.25) is 0 Å². The normalized spacial score (nSPS) is 11.3. The minimum Gasteiger partial charge on any atom is -0.465 e. The molecule has 0 fully saturated rings. The number of halogens is 1. The van der Waals surface area contributed by atoms with Crippen LogP contribution in [0.4, 0.5) is 9.18 Å². The van der Waals surface area contributed by atoms with Gasteiger partial charge >= 0.3 is 6.09 Å². The Morgan fingerprint density at radius 3 is 2.64 bits per heavy atom. The van der Waals surface area contributed by atoms with Gasteiger partial charge in [0.1, 0.15) is 0 Å². The van der Waals surface area contributed by atoms with Crippen molar-refractivity contribution in [3.8, 4) is 0 Å². The topological polar surface area (TPSA) is 69.6 Å². The van der Waals surface area contributed by atoms with Crippen molar-refractivity contribution in [3.05, 3.63) is 11.9 Å². The standard InChI is InChI=1S/C6H10FNO3/c7-3-5(1-2-9)4-8-6(10)11/h3,8-9H,1-2,4H2,(H,10,11). The summed E-state index contributed by atoms with van der Waals surface area (Å²) in [6, 6.07) is 0. The number of aliphatic hydroxyl groups is 1. The van der Waals surface area contributed by atoms with E-state index in [1.165, 1.54) is 0 Å². The van der Waals surface area contributed by atoms with Gasteiger partial charge in [0.05, 0.1) is 6.33 Å². The number of aliphatic hydroxyl groups excluding tert-OH is 1. The summed E-state index contributed by atoms with van der Waals surface area (Å²) in [7, 11) is 0. The molecule has 0 aliphatic carbocycles. The second-order valence-corrected chi connectivity index (χ2v) is 1.90. The lowest BCUT2D eigenvalue weighted by Gasteiger charge is -2.02. The van der Waals surface area contributed by atoms with E-state index in [9.17, 15) is 9.18 Å². The van der Waals surface area contributed by atoms with Crippen molar-refractivity contribution < 1.29 is 19.4 Å². The molecule has 11 heavy (non-hydrogen) atoms. The van der Waals surface area contributed by atoms with E-state index in [0.717, 1.165) is 0 Å². The number of carboxylic acid groups (broad SMARTS) is 1. The van der Waals surface area contributed by atoms with Gasteiger partial charge < -0.3 is 15.5 Å². The van der Waals surface area contributed by atoms with E-state index >= 15 is 0 Å². The average molecular weight is 163 g/mol. The predicted molar refractivity (Wildman–Crippen MR) is 36.9 cm³/mol. The zero-order valence-corrected chi connectivity index (χ0v) is 5.88. The van der Waals surface area contributed by atoms with E-state index in [1.807, 2.05) is 5.32 Å². The van der Waals surface area contributed by atoms with Gasteiger partial charge in [-0.15, -0.1) is 0 Å².